The molecule has 4 atom stereocenters. The molecule has 0 saturated heterocycles. The van der Waals surface area contributed by atoms with E-state index < -0.39 is 0 Å². The normalized spacial score (nSPS) is 30.7. The van der Waals surface area contributed by atoms with Crippen LogP contribution in [0.4, 0.5) is 8.78 Å². The van der Waals surface area contributed by atoms with Crippen LogP contribution < -0.4 is 5.73 Å². The molecule has 0 bridgehead atoms. The second-order valence-electron chi connectivity index (χ2n) is 6.98. The van der Waals surface area contributed by atoms with Crippen molar-refractivity contribution in [3.05, 3.63) is 35.4 Å². The fraction of sp³-hybridized carbons (Fsp3) is 0.667. The summed E-state index contributed by atoms with van der Waals surface area (Å²) in [6.07, 6.45) is 9.50. The predicted molar refractivity (Wildman–Crippen MR) is 80.8 cm³/mol. The molecule has 116 valence electrons. The lowest BCUT2D eigenvalue weighted by Gasteiger charge is -2.41. The highest BCUT2D eigenvalue weighted by molar-refractivity contribution is 5.20. The van der Waals surface area contributed by atoms with Gasteiger partial charge in [0.2, 0.25) is 0 Å². The van der Waals surface area contributed by atoms with E-state index in [0.29, 0.717) is 17.9 Å². The van der Waals surface area contributed by atoms with Crippen molar-refractivity contribution >= 4 is 0 Å². The molecule has 2 aliphatic carbocycles. The zero-order valence-corrected chi connectivity index (χ0v) is 12.5. The maximum absolute atomic E-state index is 13.7. The van der Waals surface area contributed by atoms with Crippen molar-refractivity contribution in [1.82, 2.24) is 0 Å². The van der Waals surface area contributed by atoms with E-state index in [1.807, 2.05) is 0 Å². The summed E-state index contributed by atoms with van der Waals surface area (Å²) in [7, 11) is 0. The molecule has 0 amide bonds. The first-order chi connectivity index (χ1) is 10.1. The molecule has 0 heterocycles. The van der Waals surface area contributed by atoms with Crippen molar-refractivity contribution in [1.29, 1.82) is 0 Å². The molecule has 3 heteroatoms. The Kier molecular flexibility index (Phi) is 4.58. The average molecular weight is 293 g/mol. The average Bonchev–Trinajstić information content (AvgIpc) is 2.50. The van der Waals surface area contributed by atoms with E-state index in [1.165, 1.54) is 50.7 Å². The van der Waals surface area contributed by atoms with E-state index in [1.54, 1.807) is 0 Å². The van der Waals surface area contributed by atoms with E-state index >= 15 is 0 Å². The summed E-state index contributed by atoms with van der Waals surface area (Å²) in [4.78, 5) is 0. The van der Waals surface area contributed by atoms with Crippen LogP contribution in [0, 0.1) is 29.4 Å². The molecule has 1 nitrogen and oxygen atoms in total. The minimum Gasteiger partial charge on any atom is -0.327 e. The molecule has 2 N–H and O–H groups in total. The van der Waals surface area contributed by atoms with Crippen molar-refractivity contribution in [2.75, 3.05) is 0 Å². The van der Waals surface area contributed by atoms with Gasteiger partial charge in [-0.05, 0) is 67.2 Å². The van der Waals surface area contributed by atoms with E-state index in [2.05, 4.69) is 0 Å². The zero-order valence-electron chi connectivity index (χ0n) is 12.5. The Hall–Kier alpha value is -0.960. The lowest BCUT2D eigenvalue weighted by Crippen LogP contribution is -2.39. The molecule has 1 aromatic rings. The Bertz CT molecular complexity index is 488. The molecule has 0 aromatic heterocycles. The van der Waals surface area contributed by atoms with Crippen LogP contribution in [-0.4, -0.2) is 6.04 Å². The number of fused-ring (bicyclic) bond motifs is 1. The number of hydrogen-bond donors (Lipinski definition) is 1. The highest BCUT2D eigenvalue weighted by Gasteiger charge is 2.34. The molecule has 0 spiro atoms. The zero-order chi connectivity index (χ0) is 14.8. The highest BCUT2D eigenvalue weighted by atomic mass is 19.1. The fourth-order valence-corrected chi connectivity index (χ4v) is 4.42. The fourth-order valence-electron chi connectivity index (χ4n) is 4.42. The van der Waals surface area contributed by atoms with Crippen LogP contribution in [0.2, 0.25) is 0 Å². The van der Waals surface area contributed by atoms with Crippen molar-refractivity contribution in [3.63, 3.8) is 0 Å². The number of halogens is 2. The van der Waals surface area contributed by atoms with E-state index in [9.17, 15) is 8.78 Å². The molecule has 2 saturated carbocycles. The Morgan fingerprint density at radius 2 is 1.81 bits per heavy atom. The standard InChI is InChI=1S/C18H25F2N/c19-16-7-8-17(20)15(10-16)11-18(21)14-6-5-12-3-1-2-4-13(12)9-14/h7-8,10,12-14,18H,1-6,9,11,21H2. The molecule has 2 aliphatic rings. The predicted octanol–water partition coefficient (Wildman–Crippen LogP) is 4.44. The first kappa shape index (κ1) is 15.0. The smallest absolute Gasteiger partial charge is 0.126 e. The lowest BCUT2D eigenvalue weighted by atomic mass is 9.66. The minimum absolute atomic E-state index is 0.0517. The summed E-state index contributed by atoms with van der Waals surface area (Å²) in [5.41, 5.74) is 6.76. The van der Waals surface area contributed by atoms with Crippen molar-refractivity contribution in [3.8, 4) is 0 Å². The minimum atomic E-state index is -0.380. The third-order valence-corrected chi connectivity index (χ3v) is 5.65. The van der Waals surface area contributed by atoms with Gasteiger partial charge in [0.1, 0.15) is 11.6 Å². The second kappa shape index (κ2) is 6.43. The van der Waals surface area contributed by atoms with Gasteiger partial charge in [-0.25, -0.2) is 8.78 Å². The van der Waals surface area contributed by atoms with Crippen LogP contribution in [0.25, 0.3) is 0 Å². The topological polar surface area (TPSA) is 26.0 Å². The van der Waals surface area contributed by atoms with E-state index in [0.717, 1.165) is 24.3 Å². The first-order valence-corrected chi connectivity index (χ1v) is 8.33. The van der Waals surface area contributed by atoms with Crippen molar-refractivity contribution < 1.29 is 8.78 Å². The number of nitrogens with two attached hydrogens (primary N) is 1. The number of hydrogen-bond acceptors (Lipinski definition) is 1. The van der Waals surface area contributed by atoms with Gasteiger partial charge in [0.05, 0.1) is 0 Å². The third-order valence-electron chi connectivity index (χ3n) is 5.65. The Morgan fingerprint density at radius 3 is 2.62 bits per heavy atom. The van der Waals surface area contributed by atoms with Crippen molar-refractivity contribution in [2.45, 2.75) is 57.4 Å². The molecule has 0 aliphatic heterocycles. The largest absolute Gasteiger partial charge is 0.327 e. The van der Waals surface area contributed by atoms with E-state index in [-0.39, 0.29) is 17.7 Å². The van der Waals surface area contributed by atoms with Gasteiger partial charge in [-0.1, -0.05) is 25.7 Å². The molecule has 3 rings (SSSR count). The summed E-state index contributed by atoms with van der Waals surface area (Å²) in [6.45, 7) is 0. The van der Waals surface area contributed by atoms with Crippen LogP contribution >= 0.6 is 0 Å². The van der Waals surface area contributed by atoms with Gasteiger partial charge >= 0.3 is 0 Å². The molecule has 4 unspecified atom stereocenters. The van der Waals surface area contributed by atoms with Gasteiger partial charge in [0.25, 0.3) is 0 Å². The maximum atomic E-state index is 13.7. The summed E-state index contributed by atoms with van der Waals surface area (Å²) < 4.78 is 27.0. The number of benzene rings is 1. The van der Waals surface area contributed by atoms with Crippen LogP contribution in [-0.2, 0) is 6.42 Å². The van der Waals surface area contributed by atoms with Gasteiger partial charge in [-0.3, -0.25) is 0 Å². The Labute approximate surface area is 125 Å². The third kappa shape index (κ3) is 3.45. The quantitative estimate of drug-likeness (QED) is 0.876. The molecular formula is C18H25F2N. The molecular weight excluding hydrogens is 268 g/mol. The summed E-state index contributed by atoms with van der Waals surface area (Å²) >= 11 is 0. The molecule has 1 aromatic carbocycles. The van der Waals surface area contributed by atoms with Gasteiger partial charge in [0.15, 0.2) is 0 Å². The van der Waals surface area contributed by atoms with Gasteiger partial charge < -0.3 is 5.73 Å². The van der Waals surface area contributed by atoms with Crippen molar-refractivity contribution in [2.24, 2.45) is 23.5 Å². The summed E-state index contributed by atoms with van der Waals surface area (Å²) in [6, 6.07) is 3.61. The van der Waals surface area contributed by atoms with Crippen LogP contribution in [0.15, 0.2) is 18.2 Å². The van der Waals surface area contributed by atoms with Gasteiger partial charge in [-0.15, -0.1) is 0 Å². The van der Waals surface area contributed by atoms with Gasteiger partial charge in [-0.2, -0.15) is 0 Å². The molecule has 0 radical (unpaired) electrons. The molecule has 2 fully saturated rings. The summed E-state index contributed by atoms with van der Waals surface area (Å²) in [5.74, 6) is 1.47. The summed E-state index contributed by atoms with van der Waals surface area (Å²) in [5, 5.41) is 0. The first-order valence-electron chi connectivity index (χ1n) is 8.33. The van der Waals surface area contributed by atoms with E-state index in [4.69, 9.17) is 5.73 Å². The van der Waals surface area contributed by atoms with Crippen LogP contribution in [0.1, 0.15) is 50.5 Å². The highest BCUT2D eigenvalue weighted by Crippen LogP contribution is 2.43. The Balaban J connectivity index is 1.62. The number of rotatable bonds is 3. The van der Waals surface area contributed by atoms with Gasteiger partial charge in [0, 0.05) is 6.04 Å². The molecule has 21 heavy (non-hydrogen) atoms. The second-order valence-corrected chi connectivity index (χ2v) is 6.98. The maximum Gasteiger partial charge on any atom is 0.126 e. The van der Waals surface area contributed by atoms with Crippen LogP contribution in [0.3, 0.4) is 0 Å². The lowest BCUT2D eigenvalue weighted by molar-refractivity contribution is 0.117. The SMILES string of the molecule is NC(Cc1cc(F)ccc1F)C1CCC2CCCCC2C1. The van der Waals surface area contributed by atoms with Crippen LogP contribution in [0.5, 0.6) is 0 Å². The Morgan fingerprint density at radius 1 is 1.05 bits per heavy atom. The monoisotopic (exact) mass is 293 g/mol.